The highest BCUT2D eigenvalue weighted by molar-refractivity contribution is 5.87. The number of carbonyl (C=O) groups is 2. The number of aliphatic hydroxyl groups is 4. The van der Waals surface area contributed by atoms with Crippen LogP contribution in [0.3, 0.4) is 0 Å². The Morgan fingerprint density at radius 3 is 2.22 bits per heavy atom. The third kappa shape index (κ3) is 9.37. The highest BCUT2D eigenvalue weighted by Crippen LogP contribution is 2.33. The average molecular weight is 695 g/mol. The lowest BCUT2D eigenvalue weighted by Gasteiger charge is -2.47. The van der Waals surface area contributed by atoms with E-state index in [0.29, 0.717) is 11.1 Å². The summed E-state index contributed by atoms with van der Waals surface area (Å²) in [7, 11) is 2.78. The Balaban J connectivity index is 1.57. The molecular formula is C33H42O16. The normalized spacial score (nSPS) is 30.1. The number of esters is 2. The van der Waals surface area contributed by atoms with Crippen LogP contribution in [0.5, 0.6) is 23.0 Å². The summed E-state index contributed by atoms with van der Waals surface area (Å²) < 4.78 is 44.3. The van der Waals surface area contributed by atoms with E-state index in [0.717, 1.165) is 13.0 Å². The zero-order valence-corrected chi connectivity index (χ0v) is 27.3. The van der Waals surface area contributed by atoms with Crippen LogP contribution in [0.4, 0.5) is 0 Å². The van der Waals surface area contributed by atoms with E-state index in [1.165, 1.54) is 51.5 Å². The van der Waals surface area contributed by atoms with Crippen molar-refractivity contribution in [3.05, 3.63) is 53.6 Å². The van der Waals surface area contributed by atoms with Gasteiger partial charge in [0.15, 0.2) is 47.8 Å². The molecule has 2 heterocycles. The molecule has 16 heteroatoms. The highest BCUT2D eigenvalue weighted by Gasteiger charge is 2.53. The van der Waals surface area contributed by atoms with Crippen LogP contribution in [0.25, 0.3) is 6.08 Å². The Kier molecular flexibility index (Phi) is 13.2. The molecule has 0 bridgehead atoms. The molecule has 0 amide bonds. The van der Waals surface area contributed by atoms with Crippen molar-refractivity contribution in [2.45, 2.75) is 81.7 Å². The number of rotatable bonds is 13. The molecule has 0 radical (unpaired) electrons. The van der Waals surface area contributed by atoms with Gasteiger partial charge in [0, 0.05) is 13.0 Å². The van der Waals surface area contributed by atoms with E-state index in [1.54, 1.807) is 12.1 Å². The summed E-state index contributed by atoms with van der Waals surface area (Å²) in [4.78, 5) is 24.9. The summed E-state index contributed by atoms with van der Waals surface area (Å²) in [5, 5.41) is 62.8. The Morgan fingerprint density at radius 1 is 0.837 bits per heavy atom. The summed E-state index contributed by atoms with van der Waals surface area (Å²) in [5.74, 6) is -1.51. The summed E-state index contributed by atoms with van der Waals surface area (Å²) in [6.45, 7) is 1.74. The molecule has 2 aromatic rings. The minimum atomic E-state index is -1.71. The van der Waals surface area contributed by atoms with E-state index in [2.05, 4.69) is 0 Å². The number of hydrogen-bond acceptors (Lipinski definition) is 16. The molecule has 2 saturated heterocycles. The number of carbonyl (C=O) groups excluding carboxylic acids is 2. The molecule has 0 saturated carbocycles. The Bertz CT molecular complexity index is 1450. The molecule has 10 atom stereocenters. The molecule has 0 aliphatic carbocycles. The van der Waals surface area contributed by atoms with E-state index >= 15 is 0 Å². The number of methoxy groups -OCH3 is 2. The van der Waals surface area contributed by atoms with Gasteiger partial charge in [-0.3, -0.25) is 4.79 Å². The maximum atomic E-state index is 13.1. The summed E-state index contributed by atoms with van der Waals surface area (Å²) >= 11 is 0. The number of phenols is 2. The van der Waals surface area contributed by atoms with Crippen molar-refractivity contribution < 1.29 is 78.1 Å². The van der Waals surface area contributed by atoms with Gasteiger partial charge in [-0.1, -0.05) is 12.1 Å². The molecule has 0 aromatic heterocycles. The first-order chi connectivity index (χ1) is 23.4. The number of ether oxygens (including phenoxy) is 8. The van der Waals surface area contributed by atoms with Crippen LogP contribution in [0.2, 0.25) is 0 Å². The van der Waals surface area contributed by atoms with Gasteiger partial charge in [0.2, 0.25) is 0 Å². The number of aromatic hydroxyl groups is 2. The number of benzene rings is 2. The van der Waals surface area contributed by atoms with Gasteiger partial charge in [-0.15, -0.1) is 0 Å². The fourth-order valence-corrected chi connectivity index (χ4v) is 5.38. The monoisotopic (exact) mass is 694 g/mol. The largest absolute Gasteiger partial charge is 0.504 e. The second-order valence-electron chi connectivity index (χ2n) is 11.4. The van der Waals surface area contributed by atoms with E-state index in [-0.39, 0.29) is 36.0 Å². The fourth-order valence-electron chi connectivity index (χ4n) is 5.38. The number of aliphatic hydroxyl groups excluding tert-OH is 4. The lowest BCUT2D eigenvalue weighted by molar-refractivity contribution is -0.357. The fraction of sp³-hybridized carbons (Fsp3) is 0.515. The van der Waals surface area contributed by atoms with Gasteiger partial charge in [-0.25, -0.2) is 4.79 Å². The van der Waals surface area contributed by atoms with Crippen molar-refractivity contribution in [1.29, 1.82) is 0 Å². The molecule has 2 fully saturated rings. The third-order valence-electron chi connectivity index (χ3n) is 7.96. The van der Waals surface area contributed by atoms with Gasteiger partial charge < -0.3 is 68.5 Å². The van der Waals surface area contributed by atoms with Crippen LogP contribution in [0.15, 0.2) is 42.5 Å². The van der Waals surface area contributed by atoms with E-state index in [4.69, 9.17) is 37.9 Å². The van der Waals surface area contributed by atoms with E-state index < -0.39 is 80.0 Å². The predicted molar refractivity (Wildman–Crippen MR) is 166 cm³/mol. The van der Waals surface area contributed by atoms with Crippen molar-refractivity contribution >= 4 is 18.0 Å². The minimum Gasteiger partial charge on any atom is -0.504 e. The smallest absolute Gasteiger partial charge is 0.331 e. The van der Waals surface area contributed by atoms with Gasteiger partial charge in [0.1, 0.15) is 30.5 Å². The molecule has 0 spiro atoms. The maximum Gasteiger partial charge on any atom is 0.331 e. The first-order valence-corrected chi connectivity index (χ1v) is 15.4. The lowest BCUT2D eigenvalue weighted by Crippen LogP contribution is -2.65. The molecule has 6 N–H and O–H groups in total. The quantitative estimate of drug-likeness (QED) is 0.121. The van der Waals surface area contributed by atoms with Crippen LogP contribution in [-0.4, -0.2) is 131 Å². The van der Waals surface area contributed by atoms with Crippen LogP contribution in [0, 0.1) is 0 Å². The van der Waals surface area contributed by atoms with Crippen LogP contribution >= 0.6 is 0 Å². The van der Waals surface area contributed by atoms with E-state index in [1.807, 2.05) is 0 Å². The molecule has 2 aliphatic rings. The second-order valence-corrected chi connectivity index (χ2v) is 11.4. The van der Waals surface area contributed by atoms with Crippen LogP contribution in [-0.2, 0) is 44.4 Å². The van der Waals surface area contributed by atoms with Crippen molar-refractivity contribution in [3.63, 3.8) is 0 Å². The summed E-state index contributed by atoms with van der Waals surface area (Å²) in [6.07, 6.45) is -12.1. The molecule has 16 nitrogen and oxygen atoms in total. The van der Waals surface area contributed by atoms with Crippen molar-refractivity contribution in [3.8, 4) is 23.0 Å². The molecule has 270 valence electrons. The zero-order chi connectivity index (χ0) is 35.8. The van der Waals surface area contributed by atoms with Crippen LogP contribution in [0.1, 0.15) is 25.0 Å². The predicted octanol–water partition coefficient (Wildman–Crippen LogP) is 0.161. The van der Waals surface area contributed by atoms with Gasteiger partial charge in [0.05, 0.1) is 33.5 Å². The minimum absolute atomic E-state index is 0.0421. The molecular weight excluding hydrogens is 652 g/mol. The standard InChI is InChI=1S/C33H42O16/c1-16-26(39)27(40)31(46-17(2)35)33(45-16)49-30-28(41)32(44-12-11-19-6-9-22(42-3)21(37)13-19)47-24(15-34)29(30)48-25(38)10-7-18-5-8-20(36)23(14-18)43-4/h5-10,13-14,16,24,26-34,36-37,39-41H,11-12,15H2,1-4H3/t16-,24+,26-,27+,28+,29+,30+,31+,32+,33-/m0/s1. The van der Waals surface area contributed by atoms with Gasteiger partial charge in [-0.2, -0.15) is 0 Å². The first kappa shape index (κ1) is 37.8. The molecule has 0 unspecified atom stereocenters. The van der Waals surface area contributed by atoms with Gasteiger partial charge in [-0.05, 0) is 54.8 Å². The first-order valence-electron chi connectivity index (χ1n) is 15.4. The molecule has 2 aliphatic heterocycles. The van der Waals surface area contributed by atoms with Crippen molar-refractivity contribution in [1.82, 2.24) is 0 Å². The Hall–Kier alpha value is -4.00. The molecule has 4 rings (SSSR count). The number of hydrogen-bond donors (Lipinski definition) is 6. The van der Waals surface area contributed by atoms with Crippen LogP contribution < -0.4 is 9.47 Å². The maximum absolute atomic E-state index is 13.1. The Morgan fingerprint density at radius 2 is 1.57 bits per heavy atom. The number of phenolic OH excluding ortho intramolecular Hbond substituents is 2. The van der Waals surface area contributed by atoms with Crippen molar-refractivity contribution in [2.75, 3.05) is 27.4 Å². The summed E-state index contributed by atoms with van der Waals surface area (Å²) in [5.41, 5.74) is 1.14. The lowest BCUT2D eigenvalue weighted by atomic mass is 9.96. The summed E-state index contributed by atoms with van der Waals surface area (Å²) in [6, 6.07) is 9.12. The van der Waals surface area contributed by atoms with Gasteiger partial charge in [0.25, 0.3) is 0 Å². The van der Waals surface area contributed by atoms with Crippen molar-refractivity contribution in [2.24, 2.45) is 0 Å². The second kappa shape index (κ2) is 17.1. The average Bonchev–Trinajstić information content (AvgIpc) is 3.07. The highest BCUT2D eigenvalue weighted by atomic mass is 16.7. The van der Waals surface area contributed by atoms with E-state index in [9.17, 15) is 40.2 Å². The molecule has 2 aromatic carbocycles. The molecule has 49 heavy (non-hydrogen) atoms. The Labute approximate surface area is 281 Å². The topological polar surface area (TPSA) is 229 Å². The third-order valence-corrected chi connectivity index (χ3v) is 7.96. The van der Waals surface area contributed by atoms with Gasteiger partial charge >= 0.3 is 11.9 Å². The zero-order valence-electron chi connectivity index (χ0n) is 27.3. The SMILES string of the molecule is COc1ccc(CCO[C@@H]2O[C@H](CO)[C@@H](OC(=O)C=Cc3ccc(O)c(OC)c3)[C@H](O[C@@H]3O[C@@H](C)[C@H](O)[C@@H](O)[C@H]3OC(C)=O)[C@H]2O)cc1O.